The molecule has 1 N–H and O–H groups in total. The molecule has 2 rings (SSSR count). The number of hydrogen-bond donors (Lipinski definition) is 1. The van der Waals surface area contributed by atoms with Crippen LogP contribution in [0.25, 0.3) is 0 Å². The van der Waals surface area contributed by atoms with Crippen molar-refractivity contribution in [2.45, 2.75) is 25.5 Å². The molecule has 0 amide bonds. The molecular formula is C14H21NO3. The molecule has 1 aromatic rings. The van der Waals surface area contributed by atoms with E-state index in [9.17, 15) is 5.11 Å². The number of nitrogens with zero attached hydrogens (tertiary/aromatic N) is 1. The number of ether oxygens (including phenoxy) is 2. The summed E-state index contributed by atoms with van der Waals surface area (Å²) in [5.74, 6) is 1.64. The maximum absolute atomic E-state index is 9.67. The summed E-state index contributed by atoms with van der Waals surface area (Å²) in [6, 6.07) is 5.87. The van der Waals surface area contributed by atoms with E-state index in [4.69, 9.17) is 9.47 Å². The minimum absolute atomic E-state index is 0.192. The number of hydrogen-bond acceptors (Lipinski definition) is 4. The van der Waals surface area contributed by atoms with E-state index in [-0.39, 0.29) is 6.10 Å². The van der Waals surface area contributed by atoms with Crippen LogP contribution >= 0.6 is 0 Å². The summed E-state index contributed by atoms with van der Waals surface area (Å²) >= 11 is 0. The molecule has 4 heteroatoms. The van der Waals surface area contributed by atoms with E-state index in [1.807, 2.05) is 18.2 Å². The molecule has 0 bridgehead atoms. The topological polar surface area (TPSA) is 41.9 Å². The highest BCUT2D eigenvalue weighted by molar-refractivity contribution is 5.40. The van der Waals surface area contributed by atoms with Gasteiger partial charge < -0.3 is 14.6 Å². The summed E-state index contributed by atoms with van der Waals surface area (Å²) in [4.78, 5) is 2.26. The maximum Gasteiger partial charge on any atom is 0.127 e. The third-order valence-corrected chi connectivity index (χ3v) is 3.37. The van der Waals surface area contributed by atoms with Gasteiger partial charge in [-0.1, -0.05) is 6.07 Å². The highest BCUT2D eigenvalue weighted by atomic mass is 16.5. The Morgan fingerprint density at radius 1 is 1.33 bits per heavy atom. The number of methoxy groups -OCH3 is 2. The SMILES string of the molecule is COc1ccc(CN2CCC[C@@H](O)C2)c(OC)c1. The number of rotatable bonds is 4. The largest absolute Gasteiger partial charge is 0.497 e. The van der Waals surface area contributed by atoms with Crippen LogP contribution < -0.4 is 9.47 Å². The Hall–Kier alpha value is -1.26. The molecule has 18 heavy (non-hydrogen) atoms. The van der Waals surface area contributed by atoms with Gasteiger partial charge in [0.2, 0.25) is 0 Å². The van der Waals surface area contributed by atoms with Gasteiger partial charge in [-0.15, -0.1) is 0 Å². The summed E-state index contributed by atoms with van der Waals surface area (Å²) in [6.45, 7) is 2.59. The first-order chi connectivity index (χ1) is 8.72. The van der Waals surface area contributed by atoms with Crippen molar-refractivity contribution in [1.29, 1.82) is 0 Å². The van der Waals surface area contributed by atoms with Crippen molar-refractivity contribution in [3.8, 4) is 11.5 Å². The number of benzene rings is 1. The molecule has 1 saturated heterocycles. The van der Waals surface area contributed by atoms with Crippen LogP contribution in [0.4, 0.5) is 0 Å². The fourth-order valence-corrected chi connectivity index (χ4v) is 2.40. The summed E-state index contributed by atoms with van der Waals surface area (Å²) in [7, 11) is 3.32. The van der Waals surface area contributed by atoms with Crippen LogP contribution in [0.5, 0.6) is 11.5 Å². The van der Waals surface area contributed by atoms with Crippen molar-refractivity contribution >= 4 is 0 Å². The van der Waals surface area contributed by atoms with Crippen LogP contribution in [0.2, 0.25) is 0 Å². The van der Waals surface area contributed by atoms with Gasteiger partial charge in [-0.3, -0.25) is 4.90 Å². The molecule has 1 aromatic carbocycles. The van der Waals surface area contributed by atoms with E-state index in [2.05, 4.69) is 4.90 Å². The van der Waals surface area contributed by atoms with Gasteiger partial charge in [0.05, 0.1) is 20.3 Å². The Morgan fingerprint density at radius 2 is 2.17 bits per heavy atom. The fourth-order valence-electron chi connectivity index (χ4n) is 2.40. The first-order valence-corrected chi connectivity index (χ1v) is 6.34. The maximum atomic E-state index is 9.67. The number of piperidine rings is 1. The van der Waals surface area contributed by atoms with E-state index in [0.717, 1.165) is 49.5 Å². The minimum Gasteiger partial charge on any atom is -0.497 e. The lowest BCUT2D eigenvalue weighted by Gasteiger charge is -2.30. The fraction of sp³-hybridized carbons (Fsp3) is 0.571. The summed E-state index contributed by atoms with van der Waals surface area (Å²) in [5.41, 5.74) is 1.13. The molecule has 1 heterocycles. The molecule has 0 aliphatic carbocycles. The molecule has 0 radical (unpaired) electrons. The van der Waals surface area contributed by atoms with E-state index >= 15 is 0 Å². The first-order valence-electron chi connectivity index (χ1n) is 6.34. The lowest BCUT2D eigenvalue weighted by molar-refractivity contribution is 0.0664. The molecular weight excluding hydrogens is 230 g/mol. The normalized spacial score (nSPS) is 20.7. The van der Waals surface area contributed by atoms with E-state index in [0.29, 0.717) is 0 Å². The van der Waals surface area contributed by atoms with E-state index in [1.165, 1.54) is 0 Å². The summed E-state index contributed by atoms with van der Waals surface area (Å²) in [6.07, 6.45) is 1.78. The summed E-state index contributed by atoms with van der Waals surface area (Å²) in [5, 5.41) is 9.67. The second kappa shape index (κ2) is 6.07. The number of aliphatic hydroxyl groups is 1. The van der Waals surface area contributed by atoms with Crippen LogP contribution in [-0.2, 0) is 6.54 Å². The molecule has 0 aromatic heterocycles. The second-order valence-electron chi connectivity index (χ2n) is 4.71. The van der Waals surface area contributed by atoms with E-state index in [1.54, 1.807) is 14.2 Å². The molecule has 1 aliphatic rings. The third-order valence-electron chi connectivity index (χ3n) is 3.37. The van der Waals surface area contributed by atoms with Crippen LogP contribution in [0, 0.1) is 0 Å². The summed E-state index contributed by atoms with van der Waals surface area (Å²) < 4.78 is 10.6. The number of aliphatic hydroxyl groups excluding tert-OH is 1. The Bertz CT molecular complexity index is 395. The average molecular weight is 251 g/mol. The van der Waals surface area contributed by atoms with Gasteiger partial charge in [-0.2, -0.15) is 0 Å². The van der Waals surface area contributed by atoms with Crippen molar-refractivity contribution in [3.63, 3.8) is 0 Å². The molecule has 0 unspecified atom stereocenters. The van der Waals surface area contributed by atoms with Gasteiger partial charge in [0.15, 0.2) is 0 Å². The van der Waals surface area contributed by atoms with Gasteiger partial charge in [-0.25, -0.2) is 0 Å². The molecule has 1 fully saturated rings. The van der Waals surface area contributed by atoms with Gasteiger partial charge in [0.1, 0.15) is 11.5 Å². The zero-order valence-electron chi connectivity index (χ0n) is 11.1. The highest BCUT2D eigenvalue weighted by Gasteiger charge is 2.18. The van der Waals surface area contributed by atoms with Gasteiger partial charge >= 0.3 is 0 Å². The molecule has 0 spiro atoms. The monoisotopic (exact) mass is 251 g/mol. The third kappa shape index (κ3) is 3.15. The van der Waals surface area contributed by atoms with Crippen LogP contribution in [0.1, 0.15) is 18.4 Å². The lowest BCUT2D eigenvalue weighted by atomic mass is 10.1. The predicted molar refractivity (Wildman–Crippen MR) is 70.1 cm³/mol. The Labute approximate surface area is 108 Å². The zero-order chi connectivity index (χ0) is 13.0. The van der Waals surface area contributed by atoms with Crippen molar-refractivity contribution in [1.82, 2.24) is 4.90 Å². The highest BCUT2D eigenvalue weighted by Crippen LogP contribution is 2.26. The van der Waals surface area contributed by atoms with Crippen LogP contribution in [0.3, 0.4) is 0 Å². The number of β-amino-alcohol motifs (C(OH)–C–C–N with tert-alkyl or cyclic N) is 1. The van der Waals surface area contributed by atoms with Crippen LogP contribution in [0.15, 0.2) is 18.2 Å². The van der Waals surface area contributed by atoms with Gasteiger partial charge in [0, 0.05) is 24.7 Å². The molecule has 0 saturated carbocycles. The van der Waals surface area contributed by atoms with Crippen LogP contribution in [-0.4, -0.2) is 43.4 Å². The van der Waals surface area contributed by atoms with Crippen molar-refractivity contribution in [2.24, 2.45) is 0 Å². The zero-order valence-corrected chi connectivity index (χ0v) is 11.1. The smallest absolute Gasteiger partial charge is 0.127 e. The van der Waals surface area contributed by atoms with Crippen molar-refractivity contribution in [3.05, 3.63) is 23.8 Å². The van der Waals surface area contributed by atoms with E-state index < -0.39 is 0 Å². The quantitative estimate of drug-likeness (QED) is 0.883. The second-order valence-corrected chi connectivity index (χ2v) is 4.71. The minimum atomic E-state index is -0.192. The Balaban J connectivity index is 2.08. The predicted octanol–water partition coefficient (Wildman–Crippen LogP) is 1.66. The van der Waals surface area contributed by atoms with Gasteiger partial charge in [-0.05, 0) is 25.5 Å². The average Bonchev–Trinajstić information content (AvgIpc) is 2.39. The Morgan fingerprint density at radius 3 is 2.83 bits per heavy atom. The standard InChI is InChI=1S/C14H21NO3/c1-17-13-6-5-11(14(8-13)18-2)9-15-7-3-4-12(16)10-15/h5-6,8,12,16H,3-4,7,9-10H2,1-2H3/t12-/m1/s1. The molecule has 1 atom stereocenters. The van der Waals surface area contributed by atoms with Crippen molar-refractivity contribution < 1.29 is 14.6 Å². The molecule has 1 aliphatic heterocycles. The molecule has 100 valence electrons. The van der Waals surface area contributed by atoms with Gasteiger partial charge in [0.25, 0.3) is 0 Å². The first kappa shape index (κ1) is 13.2. The number of likely N-dealkylation sites (tertiary alicyclic amines) is 1. The molecule has 4 nitrogen and oxygen atoms in total. The Kier molecular flexibility index (Phi) is 4.44. The van der Waals surface area contributed by atoms with Crippen molar-refractivity contribution in [2.75, 3.05) is 27.3 Å². The lowest BCUT2D eigenvalue weighted by Crippen LogP contribution is -2.37.